The molecule has 1 N–H and O–H groups in total. The summed E-state index contributed by atoms with van der Waals surface area (Å²) < 4.78 is 15.8. The summed E-state index contributed by atoms with van der Waals surface area (Å²) in [6.07, 6.45) is 1.93. The summed E-state index contributed by atoms with van der Waals surface area (Å²) in [7, 11) is 0. The number of nitrogens with one attached hydrogen (secondary N) is 1. The van der Waals surface area contributed by atoms with E-state index in [2.05, 4.69) is 10.2 Å². The fourth-order valence-corrected chi connectivity index (χ4v) is 3.98. The first-order valence-electron chi connectivity index (χ1n) is 10.4. The first-order valence-corrected chi connectivity index (χ1v) is 10.8. The topological polar surface area (TPSA) is 77.1 Å². The van der Waals surface area contributed by atoms with Crippen LogP contribution in [0.4, 0.5) is 10.5 Å². The molecule has 164 valence electrons. The van der Waals surface area contributed by atoms with Crippen LogP contribution < -0.4 is 14.8 Å². The molecule has 0 unspecified atom stereocenters. The Hall–Kier alpha value is -2.77. The van der Waals surface area contributed by atoms with E-state index in [1.165, 1.54) is 0 Å². The largest absolute Gasteiger partial charge is 0.454 e. The van der Waals surface area contributed by atoms with E-state index < -0.39 is 6.09 Å². The number of carbonyl (C=O) groups excluding carboxylic acids is 2. The van der Waals surface area contributed by atoms with Crippen LogP contribution in [0.5, 0.6) is 11.5 Å². The number of halogens is 1. The molecule has 0 saturated carbocycles. The summed E-state index contributed by atoms with van der Waals surface area (Å²) in [5.41, 5.74) is 1.33. The van der Waals surface area contributed by atoms with Crippen LogP contribution in [0.2, 0.25) is 5.02 Å². The Morgan fingerprint density at radius 1 is 1.06 bits per heavy atom. The van der Waals surface area contributed by atoms with Gasteiger partial charge in [0, 0.05) is 34.8 Å². The molecule has 0 atom stereocenters. The zero-order valence-corrected chi connectivity index (χ0v) is 17.9. The number of rotatable bonds is 7. The van der Waals surface area contributed by atoms with Crippen molar-refractivity contribution in [1.82, 2.24) is 4.90 Å². The van der Waals surface area contributed by atoms with Gasteiger partial charge in [0.2, 0.25) is 6.79 Å². The van der Waals surface area contributed by atoms with Gasteiger partial charge in [0.05, 0.1) is 6.61 Å². The zero-order valence-electron chi connectivity index (χ0n) is 17.1. The van der Waals surface area contributed by atoms with Gasteiger partial charge >= 0.3 is 6.09 Å². The number of carbonyl (C=O) groups is 2. The van der Waals surface area contributed by atoms with E-state index in [0.717, 1.165) is 44.5 Å². The van der Waals surface area contributed by atoms with Crippen molar-refractivity contribution in [2.75, 3.05) is 38.4 Å². The Labute approximate surface area is 186 Å². The molecular formula is C23H25ClN2O5. The second-order valence-electron chi connectivity index (χ2n) is 7.67. The van der Waals surface area contributed by atoms with Gasteiger partial charge in [-0.1, -0.05) is 11.6 Å². The third kappa shape index (κ3) is 5.68. The molecule has 1 fully saturated rings. The van der Waals surface area contributed by atoms with Crippen molar-refractivity contribution in [3.63, 3.8) is 0 Å². The van der Waals surface area contributed by atoms with Crippen LogP contribution in [-0.4, -0.2) is 49.8 Å². The van der Waals surface area contributed by atoms with E-state index in [4.69, 9.17) is 25.8 Å². The average molecular weight is 445 g/mol. The highest BCUT2D eigenvalue weighted by Gasteiger charge is 2.25. The lowest BCUT2D eigenvalue weighted by molar-refractivity contribution is 0.0830. The SMILES string of the molecule is O=C(Nc1ccc2c(c1)OCO2)OCCCN1CCC(C(=O)c2ccc(Cl)cc2)CC1. The molecule has 0 aromatic heterocycles. The lowest BCUT2D eigenvalue weighted by Gasteiger charge is -2.31. The lowest BCUT2D eigenvalue weighted by Crippen LogP contribution is -2.37. The number of hydrogen-bond donors (Lipinski definition) is 1. The number of ether oxygens (including phenoxy) is 3. The molecule has 2 aromatic carbocycles. The quantitative estimate of drug-likeness (QED) is 0.496. The summed E-state index contributed by atoms with van der Waals surface area (Å²) >= 11 is 5.90. The number of amides is 1. The van der Waals surface area contributed by atoms with Gasteiger partial charge in [0.15, 0.2) is 17.3 Å². The van der Waals surface area contributed by atoms with Crippen molar-refractivity contribution in [3.05, 3.63) is 53.1 Å². The molecule has 31 heavy (non-hydrogen) atoms. The number of Topliss-reactive ketones (excluding diaryl/α,β-unsaturated/α-hetero) is 1. The molecule has 8 heteroatoms. The average Bonchev–Trinajstić information content (AvgIpc) is 3.25. The van der Waals surface area contributed by atoms with Crippen molar-refractivity contribution in [2.45, 2.75) is 19.3 Å². The first kappa shape index (κ1) is 21.5. The van der Waals surface area contributed by atoms with Gasteiger partial charge in [-0.05, 0) is 68.8 Å². The van der Waals surface area contributed by atoms with Crippen LogP contribution >= 0.6 is 11.6 Å². The molecule has 0 radical (unpaired) electrons. The Balaban J connectivity index is 1.12. The van der Waals surface area contributed by atoms with Gasteiger partial charge in [-0.3, -0.25) is 10.1 Å². The van der Waals surface area contributed by atoms with Crippen LogP contribution in [0, 0.1) is 5.92 Å². The predicted octanol–water partition coefficient (Wildman–Crippen LogP) is 4.60. The minimum absolute atomic E-state index is 0.0566. The minimum atomic E-state index is -0.494. The number of nitrogens with zero attached hydrogens (tertiary/aromatic N) is 1. The van der Waals surface area contributed by atoms with Crippen molar-refractivity contribution in [3.8, 4) is 11.5 Å². The van der Waals surface area contributed by atoms with Crippen molar-refractivity contribution < 1.29 is 23.8 Å². The van der Waals surface area contributed by atoms with Gasteiger partial charge < -0.3 is 19.1 Å². The van der Waals surface area contributed by atoms with Crippen LogP contribution in [0.3, 0.4) is 0 Å². The Morgan fingerprint density at radius 2 is 1.81 bits per heavy atom. The van der Waals surface area contributed by atoms with E-state index >= 15 is 0 Å². The smallest absolute Gasteiger partial charge is 0.411 e. The van der Waals surface area contributed by atoms with Crippen molar-refractivity contribution in [1.29, 1.82) is 0 Å². The van der Waals surface area contributed by atoms with E-state index in [1.54, 1.807) is 42.5 Å². The Bertz CT molecular complexity index is 926. The number of piperidine rings is 1. The molecule has 0 aliphatic carbocycles. The highest BCUT2D eigenvalue weighted by Crippen LogP contribution is 2.34. The minimum Gasteiger partial charge on any atom is -0.454 e. The van der Waals surface area contributed by atoms with Gasteiger partial charge in [-0.15, -0.1) is 0 Å². The van der Waals surface area contributed by atoms with E-state index in [9.17, 15) is 9.59 Å². The van der Waals surface area contributed by atoms with E-state index in [-0.39, 0.29) is 18.5 Å². The molecule has 1 saturated heterocycles. The molecular weight excluding hydrogens is 420 g/mol. The molecule has 7 nitrogen and oxygen atoms in total. The van der Waals surface area contributed by atoms with E-state index in [1.807, 2.05) is 0 Å². The standard InChI is InChI=1S/C23H25ClN2O5/c24-18-4-2-16(3-5-18)22(27)17-8-11-26(12-9-17)10-1-13-29-23(28)25-19-6-7-20-21(14-19)31-15-30-20/h2-7,14,17H,1,8-13,15H2,(H,25,28). The second kappa shape index (κ2) is 10.0. The highest BCUT2D eigenvalue weighted by molar-refractivity contribution is 6.30. The number of benzene rings is 2. The van der Waals surface area contributed by atoms with Gasteiger partial charge in [0.25, 0.3) is 0 Å². The molecule has 2 aromatic rings. The monoisotopic (exact) mass is 444 g/mol. The summed E-state index contributed by atoms with van der Waals surface area (Å²) in [5, 5.41) is 3.33. The summed E-state index contributed by atoms with van der Waals surface area (Å²) in [6, 6.07) is 12.3. The fraction of sp³-hybridized carbons (Fsp3) is 0.391. The molecule has 1 amide bonds. The Kier molecular flexibility index (Phi) is 6.94. The number of hydrogen-bond acceptors (Lipinski definition) is 6. The maximum absolute atomic E-state index is 12.6. The molecule has 4 rings (SSSR count). The molecule has 2 aliphatic heterocycles. The van der Waals surface area contributed by atoms with E-state index in [0.29, 0.717) is 28.8 Å². The number of ketones is 1. The third-order valence-corrected chi connectivity index (χ3v) is 5.81. The van der Waals surface area contributed by atoms with Crippen LogP contribution in [0.25, 0.3) is 0 Å². The van der Waals surface area contributed by atoms with Gasteiger partial charge in [-0.25, -0.2) is 4.79 Å². The molecule has 2 heterocycles. The van der Waals surface area contributed by atoms with Gasteiger partial charge in [0.1, 0.15) is 0 Å². The number of fused-ring (bicyclic) bond motifs is 1. The Morgan fingerprint density at radius 3 is 2.58 bits per heavy atom. The predicted molar refractivity (Wildman–Crippen MR) is 117 cm³/mol. The van der Waals surface area contributed by atoms with Gasteiger partial charge in [-0.2, -0.15) is 0 Å². The van der Waals surface area contributed by atoms with Crippen LogP contribution in [0.15, 0.2) is 42.5 Å². The van der Waals surface area contributed by atoms with Crippen LogP contribution in [-0.2, 0) is 4.74 Å². The van der Waals surface area contributed by atoms with Crippen molar-refractivity contribution >= 4 is 29.2 Å². The number of anilines is 1. The summed E-state index contributed by atoms with van der Waals surface area (Å²) in [6.45, 7) is 3.09. The van der Waals surface area contributed by atoms with Crippen molar-refractivity contribution in [2.24, 2.45) is 5.92 Å². The lowest BCUT2D eigenvalue weighted by atomic mass is 9.89. The number of likely N-dealkylation sites (tertiary alicyclic amines) is 1. The maximum Gasteiger partial charge on any atom is 0.411 e. The zero-order chi connectivity index (χ0) is 21.6. The highest BCUT2D eigenvalue weighted by atomic mass is 35.5. The summed E-state index contributed by atoms with van der Waals surface area (Å²) in [5.74, 6) is 1.52. The molecule has 0 spiro atoms. The molecule has 0 bridgehead atoms. The van der Waals surface area contributed by atoms with Crippen LogP contribution in [0.1, 0.15) is 29.6 Å². The maximum atomic E-state index is 12.6. The second-order valence-corrected chi connectivity index (χ2v) is 8.11. The third-order valence-electron chi connectivity index (χ3n) is 5.56. The summed E-state index contributed by atoms with van der Waals surface area (Å²) in [4.78, 5) is 26.9. The fourth-order valence-electron chi connectivity index (χ4n) is 3.85. The molecule has 2 aliphatic rings. The first-order chi connectivity index (χ1) is 15.1. The normalized spacial score (nSPS) is 16.2.